The Morgan fingerprint density at radius 3 is 1.98 bits per heavy atom. The molecule has 41 heavy (non-hydrogen) atoms. The van der Waals surface area contributed by atoms with Crippen LogP contribution in [0.4, 0.5) is 11.4 Å². The minimum Gasteiger partial charge on any atom is -0.508 e. The lowest BCUT2D eigenvalue weighted by molar-refractivity contribution is 0.475. The van der Waals surface area contributed by atoms with Crippen molar-refractivity contribution in [2.24, 2.45) is 0 Å². The van der Waals surface area contributed by atoms with Crippen molar-refractivity contribution in [3.8, 4) is 17.1 Å². The van der Waals surface area contributed by atoms with Crippen LogP contribution >= 0.6 is 0 Å². The molecular weight excluding hydrogens is 534 g/mol. The normalized spacial score (nSPS) is 11.7. The maximum atomic E-state index is 14.4. The Morgan fingerprint density at radius 2 is 1.24 bits per heavy atom. The first kappa shape index (κ1) is 24.6. The number of hydrogen-bond acceptors (Lipinski definition) is 5. The van der Waals surface area contributed by atoms with Gasteiger partial charge < -0.3 is 5.11 Å². The molecule has 0 aliphatic rings. The van der Waals surface area contributed by atoms with Crippen molar-refractivity contribution in [3.05, 3.63) is 134 Å². The molecule has 0 atom stereocenters. The number of aromatic hydroxyl groups is 1. The van der Waals surface area contributed by atoms with Gasteiger partial charge in [0.25, 0.3) is 10.0 Å². The summed E-state index contributed by atoms with van der Waals surface area (Å²) in [6.07, 6.45) is 3.43. The average Bonchev–Trinajstić information content (AvgIpc) is 3.63. The molecule has 0 aliphatic carbocycles. The Hall–Kier alpha value is -5.41. The van der Waals surface area contributed by atoms with Crippen LogP contribution in [-0.2, 0) is 10.0 Å². The van der Waals surface area contributed by atoms with E-state index in [-0.39, 0.29) is 10.6 Å². The number of imidazole rings is 2. The van der Waals surface area contributed by atoms with E-state index in [0.717, 1.165) is 27.8 Å². The number of para-hydroxylation sites is 6. The summed E-state index contributed by atoms with van der Waals surface area (Å²) in [5, 5.41) is 9.87. The minimum atomic E-state index is -4.16. The van der Waals surface area contributed by atoms with Gasteiger partial charge in [0.1, 0.15) is 18.4 Å². The van der Waals surface area contributed by atoms with Crippen LogP contribution in [-0.4, -0.2) is 32.6 Å². The predicted molar refractivity (Wildman–Crippen MR) is 160 cm³/mol. The fraction of sp³-hybridized carbons (Fsp3) is 0. The Morgan fingerprint density at radius 1 is 0.634 bits per heavy atom. The lowest BCUT2D eigenvalue weighted by Crippen LogP contribution is -2.27. The monoisotopic (exact) mass is 557 g/mol. The molecule has 0 saturated heterocycles. The first-order valence-electron chi connectivity index (χ1n) is 12.9. The van der Waals surface area contributed by atoms with Crippen LogP contribution < -0.4 is 4.31 Å². The van der Waals surface area contributed by atoms with Gasteiger partial charge in [0.15, 0.2) is 0 Å². The molecule has 2 aromatic heterocycles. The zero-order valence-electron chi connectivity index (χ0n) is 21.6. The SMILES string of the molecule is O=S(=O)(c1ccc(O)cc1)N(c1cccc(-n2cnc3ccccc32)c1)c1ccccc1-n1cnc2ccccc21. The molecule has 8 nitrogen and oxygen atoms in total. The lowest BCUT2D eigenvalue weighted by Gasteiger charge is -2.27. The highest BCUT2D eigenvalue weighted by Crippen LogP contribution is 2.38. The fourth-order valence-electron chi connectivity index (χ4n) is 5.06. The number of hydrogen-bond donors (Lipinski definition) is 1. The number of sulfonamides is 1. The molecule has 1 N–H and O–H groups in total. The van der Waals surface area contributed by atoms with Crippen LogP contribution in [0.15, 0.2) is 139 Å². The van der Waals surface area contributed by atoms with Crippen molar-refractivity contribution in [2.75, 3.05) is 4.31 Å². The van der Waals surface area contributed by atoms with Gasteiger partial charge in [0.05, 0.1) is 44.0 Å². The second kappa shape index (κ2) is 9.65. The number of phenolic OH excluding ortho intramolecular Hbond substituents is 1. The van der Waals surface area contributed by atoms with Crippen molar-refractivity contribution >= 4 is 43.5 Å². The van der Waals surface area contributed by atoms with E-state index in [0.29, 0.717) is 17.1 Å². The van der Waals surface area contributed by atoms with Crippen molar-refractivity contribution in [3.63, 3.8) is 0 Å². The molecule has 7 aromatic rings. The number of nitrogens with zero attached hydrogens (tertiary/aromatic N) is 5. The highest BCUT2D eigenvalue weighted by Gasteiger charge is 2.30. The summed E-state index contributed by atoms with van der Waals surface area (Å²) in [5.74, 6) is -0.0187. The number of aromatic nitrogens is 4. The smallest absolute Gasteiger partial charge is 0.268 e. The van der Waals surface area contributed by atoms with Crippen LogP contribution in [0, 0.1) is 0 Å². The predicted octanol–water partition coefficient (Wildman–Crippen LogP) is 6.60. The van der Waals surface area contributed by atoms with E-state index in [1.165, 1.54) is 28.6 Å². The van der Waals surface area contributed by atoms with E-state index < -0.39 is 10.0 Å². The first-order chi connectivity index (χ1) is 20.0. The summed E-state index contributed by atoms with van der Waals surface area (Å²) in [6, 6.07) is 35.7. The van der Waals surface area contributed by atoms with Gasteiger partial charge in [-0.05, 0) is 78.9 Å². The molecule has 2 heterocycles. The summed E-state index contributed by atoms with van der Waals surface area (Å²) in [4.78, 5) is 9.08. The Labute approximate surface area is 236 Å². The summed E-state index contributed by atoms with van der Waals surface area (Å²) in [7, 11) is -4.16. The molecule has 0 aliphatic heterocycles. The molecule has 0 unspecified atom stereocenters. The van der Waals surface area contributed by atoms with Gasteiger partial charge in [-0.15, -0.1) is 0 Å². The summed E-state index contributed by atoms with van der Waals surface area (Å²) >= 11 is 0. The molecule has 0 spiro atoms. The number of fused-ring (bicyclic) bond motifs is 2. The Bertz CT molecular complexity index is 2150. The van der Waals surface area contributed by atoms with Crippen LogP contribution in [0.2, 0.25) is 0 Å². The van der Waals surface area contributed by atoms with Crippen LogP contribution in [0.5, 0.6) is 5.75 Å². The molecule has 200 valence electrons. The molecule has 0 amide bonds. The van der Waals surface area contributed by atoms with E-state index in [1.54, 1.807) is 24.8 Å². The average molecular weight is 558 g/mol. The maximum absolute atomic E-state index is 14.4. The molecule has 0 saturated carbocycles. The van der Waals surface area contributed by atoms with E-state index in [9.17, 15) is 13.5 Å². The van der Waals surface area contributed by atoms with Gasteiger partial charge in [-0.2, -0.15) is 0 Å². The van der Waals surface area contributed by atoms with Gasteiger partial charge in [0.2, 0.25) is 0 Å². The Kier molecular flexibility index (Phi) is 5.80. The molecule has 5 aromatic carbocycles. The number of benzene rings is 5. The van der Waals surface area contributed by atoms with Crippen molar-refractivity contribution in [1.82, 2.24) is 19.1 Å². The number of rotatable bonds is 6. The van der Waals surface area contributed by atoms with Crippen LogP contribution in [0.25, 0.3) is 33.4 Å². The molecule has 7 rings (SSSR count). The van der Waals surface area contributed by atoms with Gasteiger partial charge in [0, 0.05) is 5.69 Å². The molecule has 9 heteroatoms. The Balaban J connectivity index is 1.47. The topological polar surface area (TPSA) is 93.3 Å². The highest BCUT2D eigenvalue weighted by molar-refractivity contribution is 7.93. The van der Waals surface area contributed by atoms with Crippen molar-refractivity contribution in [2.45, 2.75) is 4.90 Å². The van der Waals surface area contributed by atoms with E-state index >= 15 is 0 Å². The highest BCUT2D eigenvalue weighted by atomic mass is 32.2. The summed E-state index contributed by atoms with van der Waals surface area (Å²) in [6.45, 7) is 0. The van der Waals surface area contributed by atoms with E-state index in [4.69, 9.17) is 0 Å². The zero-order valence-corrected chi connectivity index (χ0v) is 22.4. The fourth-order valence-corrected chi connectivity index (χ4v) is 6.55. The second-order valence-electron chi connectivity index (χ2n) is 9.48. The largest absolute Gasteiger partial charge is 0.508 e. The van der Waals surface area contributed by atoms with Gasteiger partial charge in [-0.25, -0.2) is 22.7 Å². The third-order valence-corrected chi connectivity index (χ3v) is 8.74. The number of phenols is 1. The molecule has 0 fully saturated rings. The summed E-state index contributed by atoms with van der Waals surface area (Å²) in [5.41, 5.74) is 5.66. The zero-order chi connectivity index (χ0) is 28.0. The first-order valence-corrected chi connectivity index (χ1v) is 14.3. The van der Waals surface area contributed by atoms with Gasteiger partial charge in [-0.1, -0.05) is 42.5 Å². The minimum absolute atomic E-state index is 0.0187. The molecule has 0 bridgehead atoms. The second-order valence-corrected chi connectivity index (χ2v) is 11.3. The third-order valence-electron chi connectivity index (χ3n) is 6.98. The van der Waals surface area contributed by atoms with Gasteiger partial charge >= 0.3 is 0 Å². The standard InChI is InChI=1S/C32H23N5O3S/c38-25-16-18-26(19-17-25)41(39,40)37(24-9-7-8-23(20-24)35-21-33-27-10-1-3-12-29(27)35)32-15-6-5-14-31(32)36-22-34-28-11-2-4-13-30(28)36/h1-22,38H. The van der Waals surface area contributed by atoms with E-state index in [2.05, 4.69) is 9.97 Å². The van der Waals surface area contributed by atoms with Crippen LogP contribution in [0.3, 0.4) is 0 Å². The maximum Gasteiger partial charge on any atom is 0.268 e. The lowest BCUT2D eigenvalue weighted by atomic mass is 10.2. The van der Waals surface area contributed by atoms with Gasteiger partial charge in [-0.3, -0.25) is 9.13 Å². The third kappa shape index (κ3) is 4.19. The van der Waals surface area contributed by atoms with Crippen molar-refractivity contribution in [1.29, 1.82) is 0 Å². The molecule has 0 radical (unpaired) electrons. The summed E-state index contributed by atoms with van der Waals surface area (Å²) < 4.78 is 34.0. The molecular formula is C32H23N5O3S. The van der Waals surface area contributed by atoms with Crippen molar-refractivity contribution < 1.29 is 13.5 Å². The van der Waals surface area contributed by atoms with E-state index in [1.807, 2.05) is 94.1 Å². The van der Waals surface area contributed by atoms with Crippen LogP contribution in [0.1, 0.15) is 0 Å². The quantitative estimate of drug-likeness (QED) is 0.249. The number of anilines is 2.